The van der Waals surface area contributed by atoms with Gasteiger partial charge in [-0.1, -0.05) is 76.6 Å². The van der Waals surface area contributed by atoms with Crippen LogP contribution < -0.4 is 0 Å². The molecule has 3 heterocycles. The molecule has 236 valence electrons. The fourth-order valence-electron chi connectivity index (χ4n) is 7.88. The number of ether oxygens (including phenoxy) is 1. The Morgan fingerprint density at radius 2 is 1.77 bits per heavy atom. The number of amides is 3. The Morgan fingerprint density at radius 1 is 1.09 bits per heavy atom. The van der Waals surface area contributed by atoms with Crippen LogP contribution >= 0.6 is 0 Å². The fourth-order valence-corrected chi connectivity index (χ4v) is 7.88. The van der Waals surface area contributed by atoms with Gasteiger partial charge in [-0.25, -0.2) is 0 Å². The number of aliphatic hydroxyl groups is 1. The second kappa shape index (κ2) is 13.8. The van der Waals surface area contributed by atoms with Crippen LogP contribution in [0.15, 0.2) is 55.6 Å². The Hall–Kier alpha value is -2.97. The maximum atomic E-state index is 14.7. The summed E-state index contributed by atoms with van der Waals surface area (Å²) in [5.74, 6) is -1.92. The predicted molar refractivity (Wildman–Crippen MR) is 168 cm³/mol. The van der Waals surface area contributed by atoms with E-state index < -0.39 is 35.1 Å². The lowest BCUT2D eigenvalue weighted by molar-refractivity contribution is -0.158. The first-order chi connectivity index (χ1) is 20.6. The van der Waals surface area contributed by atoms with Crippen molar-refractivity contribution in [3.05, 3.63) is 61.2 Å². The lowest BCUT2D eigenvalue weighted by Crippen LogP contribution is -2.59. The van der Waals surface area contributed by atoms with Gasteiger partial charge in [-0.3, -0.25) is 14.4 Å². The highest BCUT2D eigenvalue weighted by Crippen LogP contribution is 2.65. The maximum absolute atomic E-state index is 14.7. The van der Waals surface area contributed by atoms with Gasteiger partial charge in [-0.15, -0.1) is 13.2 Å². The van der Waals surface area contributed by atoms with Gasteiger partial charge in [0.2, 0.25) is 17.7 Å². The number of carbonyl (C=O) groups excluding carboxylic acids is 3. The lowest BCUT2D eigenvalue weighted by atomic mass is 9.64. The van der Waals surface area contributed by atoms with E-state index in [9.17, 15) is 19.5 Å². The summed E-state index contributed by atoms with van der Waals surface area (Å²) in [6.45, 7) is 17.3. The number of carbonyl (C=O) groups is 3. The Balaban J connectivity index is 1.82. The van der Waals surface area contributed by atoms with Crippen molar-refractivity contribution in [1.82, 2.24) is 14.7 Å². The highest BCUT2D eigenvalue weighted by molar-refractivity contribution is 5.99. The smallest absolute Gasteiger partial charge is 0.248 e. The molecular weight excluding hydrogens is 542 g/mol. The molecule has 3 aliphatic heterocycles. The van der Waals surface area contributed by atoms with Crippen molar-refractivity contribution in [3.8, 4) is 0 Å². The van der Waals surface area contributed by atoms with Crippen LogP contribution in [0.2, 0.25) is 0 Å². The van der Waals surface area contributed by atoms with Crippen LogP contribution in [0.25, 0.3) is 0 Å². The van der Waals surface area contributed by atoms with Crippen molar-refractivity contribution in [3.63, 3.8) is 0 Å². The highest BCUT2D eigenvalue weighted by atomic mass is 16.5. The van der Waals surface area contributed by atoms with Crippen molar-refractivity contribution in [2.75, 3.05) is 26.2 Å². The summed E-state index contributed by atoms with van der Waals surface area (Å²) in [6.07, 6.45) is 7.38. The minimum atomic E-state index is -1.13. The molecule has 0 radical (unpaired) electrons. The molecule has 1 aromatic carbocycles. The zero-order valence-electron chi connectivity index (χ0n) is 26.5. The first-order valence-corrected chi connectivity index (χ1v) is 16.1. The summed E-state index contributed by atoms with van der Waals surface area (Å²) in [7, 11) is 0. The zero-order chi connectivity index (χ0) is 31.4. The van der Waals surface area contributed by atoms with E-state index in [-0.39, 0.29) is 30.2 Å². The minimum Gasteiger partial charge on any atom is -0.394 e. The lowest BCUT2D eigenvalue weighted by Gasteiger charge is -2.40. The van der Waals surface area contributed by atoms with Gasteiger partial charge in [0.1, 0.15) is 11.6 Å². The third-order valence-corrected chi connectivity index (χ3v) is 9.79. The molecule has 1 aromatic rings. The fraction of sp³-hybridized carbons (Fsp3) is 0.629. The number of unbranched alkanes of at least 4 members (excludes halogenated alkanes) is 1. The average molecular weight is 594 g/mol. The van der Waals surface area contributed by atoms with Crippen LogP contribution in [0.5, 0.6) is 0 Å². The molecule has 43 heavy (non-hydrogen) atoms. The number of aliphatic hydroxyl groups excluding tert-OH is 1. The third-order valence-electron chi connectivity index (χ3n) is 9.79. The molecule has 3 fully saturated rings. The van der Waals surface area contributed by atoms with E-state index in [2.05, 4.69) is 20.1 Å². The van der Waals surface area contributed by atoms with Crippen LogP contribution in [0.4, 0.5) is 0 Å². The minimum absolute atomic E-state index is 0.142. The number of fused-ring (bicyclic) bond motifs is 1. The number of hydrogen-bond acceptors (Lipinski definition) is 5. The molecule has 0 saturated carbocycles. The third kappa shape index (κ3) is 5.93. The first kappa shape index (κ1) is 32.9. The molecule has 3 saturated heterocycles. The molecular formula is C35H51N3O5. The molecule has 1 spiro atoms. The van der Waals surface area contributed by atoms with E-state index in [0.717, 1.165) is 18.4 Å². The summed E-state index contributed by atoms with van der Waals surface area (Å²) in [5.41, 5.74) is -0.979. The van der Waals surface area contributed by atoms with Crippen molar-refractivity contribution >= 4 is 17.7 Å². The zero-order valence-corrected chi connectivity index (χ0v) is 26.5. The largest absolute Gasteiger partial charge is 0.394 e. The second-order valence-electron chi connectivity index (χ2n) is 13.0. The molecule has 0 aliphatic carbocycles. The van der Waals surface area contributed by atoms with Crippen LogP contribution in [0, 0.1) is 17.8 Å². The van der Waals surface area contributed by atoms with Gasteiger partial charge in [-0.05, 0) is 43.6 Å². The molecule has 0 aromatic heterocycles. The Morgan fingerprint density at radius 3 is 2.35 bits per heavy atom. The van der Waals surface area contributed by atoms with Crippen LogP contribution in [0.1, 0.15) is 71.8 Å². The van der Waals surface area contributed by atoms with E-state index in [1.807, 2.05) is 51.1 Å². The molecule has 1 N–H and O–H groups in total. The molecule has 8 nitrogen and oxygen atoms in total. The van der Waals surface area contributed by atoms with Crippen molar-refractivity contribution in [1.29, 1.82) is 0 Å². The van der Waals surface area contributed by atoms with Gasteiger partial charge in [-0.2, -0.15) is 0 Å². The quantitative estimate of drug-likeness (QED) is 0.284. The molecule has 2 unspecified atom stereocenters. The van der Waals surface area contributed by atoms with Crippen molar-refractivity contribution in [2.45, 2.75) is 96.1 Å². The normalized spacial score (nSPS) is 28.2. The maximum Gasteiger partial charge on any atom is 0.248 e. The van der Waals surface area contributed by atoms with Crippen molar-refractivity contribution in [2.24, 2.45) is 17.8 Å². The molecule has 3 aliphatic rings. The summed E-state index contributed by atoms with van der Waals surface area (Å²) in [4.78, 5) is 49.1. The Bertz CT molecular complexity index is 1170. The van der Waals surface area contributed by atoms with Crippen LogP contribution in [-0.2, 0) is 25.7 Å². The van der Waals surface area contributed by atoms with Gasteiger partial charge in [0.25, 0.3) is 0 Å². The standard InChI is InChI=1S/C35H51N3O5/c1-7-11-21-36(19-8-2)33(42)30-35-18-17-34(10-4,43-35)28(29(35)32(41)38(30)27(24-39)22-25(5)6)31(40)37(20-9-3)23-26-15-13-12-14-16-26/h8-9,12-16,25,27-30,39H,2-3,7,10-11,17-24H2,1,4-6H3/t27-,28+,29+,30?,34-,35?/m1/s1. The van der Waals surface area contributed by atoms with E-state index in [1.54, 1.807) is 26.9 Å². The van der Waals surface area contributed by atoms with E-state index >= 15 is 0 Å². The molecule has 3 amide bonds. The summed E-state index contributed by atoms with van der Waals surface area (Å²) >= 11 is 0. The SMILES string of the molecule is C=CCN(CCCC)C(=O)C1N([C@@H](CO)CC(C)C)C(=O)[C@@H]2[C@@H](C(=O)N(CC=C)Cc3ccccc3)[C@@]3(CC)CCC12O3. The van der Waals surface area contributed by atoms with Crippen LogP contribution in [0.3, 0.4) is 0 Å². The van der Waals surface area contributed by atoms with Gasteiger partial charge >= 0.3 is 0 Å². The summed E-state index contributed by atoms with van der Waals surface area (Å²) in [6, 6.07) is 8.33. The Labute approximate surface area is 257 Å². The van der Waals surface area contributed by atoms with Gasteiger partial charge in [0, 0.05) is 26.2 Å². The number of likely N-dealkylation sites (tertiary alicyclic amines) is 1. The van der Waals surface area contributed by atoms with E-state index in [4.69, 9.17) is 4.74 Å². The molecule has 6 atom stereocenters. The van der Waals surface area contributed by atoms with E-state index in [0.29, 0.717) is 51.9 Å². The monoisotopic (exact) mass is 593 g/mol. The summed E-state index contributed by atoms with van der Waals surface area (Å²) in [5, 5.41) is 10.6. The highest BCUT2D eigenvalue weighted by Gasteiger charge is 2.79. The van der Waals surface area contributed by atoms with Crippen LogP contribution in [-0.4, -0.2) is 87.1 Å². The van der Waals surface area contributed by atoms with Gasteiger partial charge < -0.3 is 24.5 Å². The number of benzene rings is 1. The average Bonchev–Trinajstić information content (AvgIpc) is 3.61. The van der Waals surface area contributed by atoms with Gasteiger partial charge in [0.15, 0.2) is 0 Å². The van der Waals surface area contributed by atoms with E-state index in [1.165, 1.54) is 0 Å². The Kier molecular flexibility index (Phi) is 10.5. The summed E-state index contributed by atoms with van der Waals surface area (Å²) < 4.78 is 7.01. The molecule has 4 rings (SSSR count). The number of rotatable bonds is 16. The number of hydrogen-bond donors (Lipinski definition) is 1. The second-order valence-corrected chi connectivity index (χ2v) is 13.0. The van der Waals surface area contributed by atoms with Crippen molar-refractivity contribution < 1.29 is 24.2 Å². The molecule has 2 bridgehead atoms. The topological polar surface area (TPSA) is 90.4 Å². The predicted octanol–water partition coefficient (Wildman–Crippen LogP) is 4.58. The van der Waals surface area contributed by atoms with Gasteiger partial charge in [0.05, 0.1) is 30.1 Å². The molecule has 8 heteroatoms. The first-order valence-electron chi connectivity index (χ1n) is 16.1. The number of nitrogens with zero attached hydrogens (tertiary/aromatic N) is 3.